The lowest BCUT2D eigenvalue weighted by Crippen LogP contribution is -1.95. The van der Waals surface area contributed by atoms with E-state index >= 15 is 0 Å². The van der Waals surface area contributed by atoms with Crippen molar-refractivity contribution in [2.24, 2.45) is 5.92 Å². The molecule has 0 heteroatoms. The monoisotopic (exact) mass is 576 g/mol. The molecular formula is C44H48. The minimum atomic E-state index is 0.894. The molecule has 4 aromatic rings. The highest BCUT2D eigenvalue weighted by atomic mass is 14.3. The van der Waals surface area contributed by atoms with Crippen LogP contribution in [-0.4, -0.2) is 0 Å². The molecule has 0 unspecified atom stereocenters. The molecule has 1 saturated carbocycles. The third-order valence-electron chi connectivity index (χ3n) is 9.30. The van der Waals surface area contributed by atoms with Gasteiger partial charge in [-0.25, -0.2) is 0 Å². The fourth-order valence-corrected chi connectivity index (χ4v) is 6.66. The van der Waals surface area contributed by atoms with Gasteiger partial charge in [-0.15, -0.1) is 6.58 Å². The van der Waals surface area contributed by atoms with Crippen LogP contribution in [0.15, 0.2) is 127 Å². The first kappa shape index (κ1) is 31.3. The molecule has 0 saturated heterocycles. The summed E-state index contributed by atoms with van der Waals surface area (Å²) in [5, 5.41) is 5.24. The van der Waals surface area contributed by atoms with Crippen LogP contribution < -0.4 is 0 Å². The molecule has 0 radical (unpaired) electrons. The van der Waals surface area contributed by atoms with Crippen molar-refractivity contribution in [3.63, 3.8) is 0 Å². The summed E-state index contributed by atoms with van der Waals surface area (Å²) in [6, 6.07) is 26.8. The lowest BCUT2D eigenvalue weighted by atomic mass is 9.87. The average Bonchev–Trinajstić information content (AvgIpc) is 3.84. The lowest BCUT2D eigenvalue weighted by Gasteiger charge is -2.17. The summed E-state index contributed by atoms with van der Waals surface area (Å²) in [7, 11) is 0. The van der Waals surface area contributed by atoms with E-state index in [1.165, 1.54) is 90.9 Å². The number of benzene rings is 4. The first-order chi connectivity index (χ1) is 21.5. The van der Waals surface area contributed by atoms with Gasteiger partial charge in [0.2, 0.25) is 0 Å². The summed E-state index contributed by atoms with van der Waals surface area (Å²) in [5.74, 6) is 1.13. The van der Waals surface area contributed by atoms with Crippen molar-refractivity contribution in [2.75, 3.05) is 0 Å². The van der Waals surface area contributed by atoms with Crippen molar-refractivity contribution < 1.29 is 0 Å². The molecule has 1 fully saturated rings. The van der Waals surface area contributed by atoms with Crippen molar-refractivity contribution in [3.8, 4) is 0 Å². The standard InChI is InChI=1S/C39H38.C5H10/c1-6-8-10-16-30-23-25-32(35-20-15-13-18-33(30)35)29(5)39-28(4)26-38(37(39)21-11-9-7-2)36-24-22-27(3)31-17-12-14-19-34(31)36;1-2-5-3-4-5/h6-8,10,12-20,22-25H,2,4,9,11,21,26H2,1,3,5H3;5H,2-4H2,1H3/b8-6-,16-10-,39-29+;. The van der Waals surface area contributed by atoms with Gasteiger partial charge in [0.25, 0.3) is 0 Å². The number of aryl methyl sites for hydroxylation is 1. The van der Waals surface area contributed by atoms with Crippen molar-refractivity contribution in [2.45, 2.75) is 72.6 Å². The zero-order valence-corrected chi connectivity index (χ0v) is 27.3. The first-order valence-corrected chi connectivity index (χ1v) is 16.5. The third kappa shape index (κ3) is 6.81. The van der Waals surface area contributed by atoms with Crippen LogP contribution in [0.4, 0.5) is 0 Å². The molecule has 2 aliphatic carbocycles. The maximum atomic E-state index is 4.64. The Hall–Kier alpha value is -4.16. The maximum Gasteiger partial charge on any atom is -0.00164 e. The van der Waals surface area contributed by atoms with Gasteiger partial charge < -0.3 is 0 Å². The van der Waals surface area contributed by atoms with E-state index in [0.717, 1.165) is 31.6 Å². The molecule has 0 atom stereocenters. The zero-order chi connectivity index (χ0) is 31.1. The molecule has 0 heterocycles. The summed E-state index contributed by atoms with van der Waals surface area (Å²) >= 11 is 0. The van der Waals surface area contributed by atoms with E-state index in [1.807, 2.05) is 13.0 Å². The van der Waals surface area contributed by atoms with Crippen LogP contribution in [0.3, 0.4) is 0 Å². The number of rotatable bonds is 9. The molecule has 0 aliphatic heterocycles. The second-order valence-electron chi connectivity index (χ2n) is 12.4. The highest BCUT2D eigenvalue weighted by Gasteiger charge is 2.27. The minimum absolute atomic E-state index is 0.894. The predicted molar refractivity (Wildman–Crippen MR) is 197 cm³/mol. The second kappa shape index (κ2) is 14.5. The van der Waals surface area contributed by atoms with Gasteiger partial charge in [0.15, 0.2) is 0 Å². The van der Waals surface area contributed by atoms with Gasteiger partial charge in [0, 0.05) is 0 Å². The number of unbranched alkanes of at least 4 members (excludes halogenated alkanes) is 1. The zero-order valence-electron chi connectivity index (χ0n) is 27.3. The van der Waals surface area contributed by atoms with Crippen molar-refractivity contribution in [3.05, 3.63) is 149 Å². The predicted octanol–water partition coefficient (Wildman–Crippen LogP) is 13.2. The van der Waals surface area contributed by atoms with Gasteiger partial charge in [-0.3, -0.25) is 0 Å². The quantitative estimate of drug-likeness (QED) is 0.106. The van der Waals surface area contributed by atoms with E-state index in [4.69, 9.17) is 0 Å². The molecule has 44 heavy (non-hydrogen) atoms. The third-order valence-corrected chi connectivity index (χ3v) is 9.30. The van der Waals surface area contributed by atoms with Crippen LogP contribution in [-0.2, 0) is 0 Å². The molecular weight excluding hydrogens is 528 g/mol. The Kier molecular flexibility index (Phi) is 10.3. The van der Waals surface area contributed by atoms with Gasteiger partial charge in [-0.1, -0.05) is 136 Å². The largest absolute Gasteiger partial charge is 0.103 e. The second-order valence-corrected chi connectivity index (χ2v) is 12.4. The molecule has 0 nitrogen and oxygen atoms in total. The topological polar surface area (TPSA) is 0 Å². The van der Waals surface area contributed by atoms with Crippen LogP contribution >= 0.6 is 0 Å². The van der Waals surface area contributed by atoms with Crippen LogP contribution in [0.5, 0.6) is 0 Å². The molecule has 224 valence electrons. The summed E-state index contributed by atoms with van der Waals surface area (Å²) in [5.41, 5.74) is 12.0. The van der Waals surface area contributed by atoms with E-state index in [-0.39, 0.29) is 0 Å². The van der Waals surface area contributed by atoms with E-state index in [9.17, 15) is 0 Å². The normalized spacial score (nSPS) is 16.3. The lowest BCUT2D eigenvalue weighted by molar-refractivity contribution is 0.799. The van der Waals surface area contributed by atoms with Gasteiger partial charge in [0.05, 0.1) is 0 Å². The van der Waals surface area contributed by atoms with Crippen molar-refractivity contribution in [1.29, 1.82) is 0 Å². The molecule has 6 rings (SSSR count). The fourth-order valence-electron chi connectivity index (χ4n) is 6.66. The van der Waals surface area contributed by atoms with E-state index in [2.05, 4.69) is 131 Å². The Morgan fingerprint density at radius 1 is 0.864 bits per heavy atom. The summed E-state index contributed by atoms with van der Waals surface area (Å²) in [6.07, 6.45) is 18.9. The smallest absolute Gasteiger partial charge is 0.00164 e. The van der Waals surface area contributed by atoms with Crippen molar-refractivity contribution >= 4 is 38.8 Å². The van der Waals surface area contributed by atoms with Crippen LogP contribution in [0.1, 0.15) is 88.0 Å². The Balaban J connectivity index is 0.000000698. The Bertz CT molecular complexity index is 1790. The molecule has 4 aromatic carbocycles. The van der Waals surface area contributed by atoms with E-state index in [1.54, 1.807) is 0 Å². The average molecular weight is 577 g/mol. The molecule has 2 aliphatic rings. The van der Waals surface area contributed by atoms with Crippen LogP contribution in [0, 0.1) is 12.8 Å². The highest BCUT2D eigenvalue weighted by molar-refractivity contribution is 6.03. The Labute approximate surface area is 265 Å². The van der Waals surface area contributed by atoms with Gasteiger partial charge >= 0.3 is 0 Å². The van der Waals surface area contributed by atoms with E-state index < -0.39 is 0 Å². The van der Waals surface area contributed by atoms with Gasteiger partial charge in [-0.2, -0.15) is 0 Å². The molecule has 0 spiro atoms. The summed E-state index contributed by atoms with van der Waals surface area (Å²) in [6.45, 7) is 17.4. The highest BCUT2D eigenvalue weighted by Crippen LogP contribution is 2.48. The first-order valence-electron chi connectivity index (χ1n) is 16.5. The van der Waals surface area contributed by atoms with Crippen molar-refractivity contribution in [1.82, 2.24) is 0 Å². The molecule has 0 N–H and O–H groups in total. The summed E-state index contributed by atoms with van der Waals surface area (Å²) < 4.78 is 0. The Morgan fingerprint density at radius 2 is 1.57 bits per heavy atom. The number of hydrogen-bond acceptors (Lipinski definition) is 0. The summed E-state index contributed by atoms with van der Waals surface area (Å²) in [4.78, 5) is 0. The number of hydrogen-bond donors (Lipinski definition) is 0. The van der Waals surface area contributed by atoms with Gasteiger partial charge in [-0.05, 0) is 124 Å². The molecule has 0 bridgehead atoms. The number of fused-ring (bicyclic) bond motifs is 2. The maximum absolute atomic E-state index is 4.64. The molecule has 0 amide bonds. The van der Waals surface area contributed by atoms with Crippen LogP contribution in [0.25, 0.3) is 38.8 Å². The SMILES string of the molecule is C=CCCCC1=C(c2ccc(C)c3ccccc23)CC(=C)/C1=C(/C)c1ccc(/C=C\C=C/C)c2ccccc12.CCC1CC1. The van der Waals surface area contributed by atoms with E-state index in [0.29, 0.717) is 0 Å². The van der Waals surface area contributed by atoms with Crippen LogP contribution in [0.2, 0.25) is 0 Å². The number of allylic oxidation sites excluding steroid dienone is 9. The van der Waals surface area contributed by atoms with Gasteiger partial charge in [0.1, 0.15) is 0 Å². The Morgan fingerprint density at radius 3 is 2.23 bits per heavy atom. The fraction of sp³-hybridized carbons (Fsp3) is 0.273. The molecule has 0 aromatic heterocycles. The minimum Gasteiger partial charge on any atom is -0.103 e.